The van der Waals surface area contributed by atoms with Crippen LogP contribution < -0.4 is 5.32 Å². The zero-order chi connectivity index (χ0) is 14.0. The molecule has 2 rings (SSSR count). The van der Waals surface area contributed by atoms with E-state index in [1.54, 1.807) is 0 Å². The summed E-state index contributed by atoms with van der Waals surface area (Å²) in [7, 11) is -2.95. The molecule has 0 spiro atoms. The summed E-state index contributed by atoms with van der Waals surface area (Å²) in [4.78, 5) is 12.0. The number of rotatable bonds is 2. The maximum absolute atomic E-state index is 12.0. The second kappa shape index (κ2) is 5.38. The molecule has 1 heterocycles. The van der Waals surface area contributed by atoms with Crippen molar-refractivity contribution in [1.29, 1.82) is 0 Å². The van der Waals surface area contributed by atoms with Gasteiger partial charge in [-0.3, -0.25) is 4.79 Å². The van der Waals surface area contributed by atoms with Crippen molar-refractivity contribution in [2.75, 3.05) is 11.5 Å². The van der Waals surface area contributed by atoms with Gasteiger partial charge in [-0.2, -0.15) is 0 Å². The van der Waals surface area contributed by atoms with Crippen LogP contribution in [0.4, 0.5) is 0 Å². The van der Waals surface area contributed by atoms with Crippen molar-refractivity contribution in [2.45, 2.75) is 18.9 Å². The molecule has 7 heteroatoms. The molecule has 0 saturated carbocycles. The molecule has 1 aliphatic rings. The highest BCUT2D eigenvalue weighted by molar-refractivity contribution is 7.91. The van der Waals surface area contributed by atoms with E-state index >= 15 is 0 Å². The summed E-state index contributed by atoms with van der Waals surface area (Å²) >= 11 is 5.77. The monoisotopic (exact) mass is 303 g/mol. The van der Waals surface area contributed by atoms with E-state index in [1.807, 2.05) is 0 Å². The molecule has 1 aromatic carbocycles. The van der Waals surface area contributed by atoms with Gasteiger partial charge in [0.25, 0.3) is 5.91 Å². The Kier molecular flexibility index (Phi) is 4.01. The van der Waals surface area contributed by atoms with E-state index in [2.05, 4.69) is 5.32 Å². The molecular weight excluding hydrogens is 290 g/mol. The van der Waals surface area contributed by atoms with Crippen LogP contribution in [0.1, 0.15) is 23.2 Å². The van der Waals surface area contributed by atoms with Gasteiger partial charge in [-0.25, -0.2) is 8.42 Å². The minimum Gasteiger partial charge on any atom is -0.507 e. The van der Waals surface area contributed by atoms with Gasteiger partial charge < -0.3 is 10.4 Å². The molecule has 0 unspecified atom stereocenters. The van der Waals surface area contributed by atoms with E-state index in [-0.39, 0.29) is 28.9 Å². The summed E-state index contributed by atoms with van der Waals surface area (Å²) in [5.74, 6) is -0.423. The van der Waals surface area contributed by atoms with E-state index < -0.39 is 15.7 Å². The first kappa shape index (κ1) is 14.1. The molecular formula is C12H14ClNO4S. The SMILES string of the molecule is O=C(NC1CCS(=O)(=O)CC1)c1cc(Cl)ccc1O. The summed E-state index contributed by atoms with van der Waals surface area (Å²) in [5, 5.41) is 12.7. The summed E-state index contributed by atoms with van der Waals surface area (Å²) in [6.07, 6.45) is 0.796. The number of benzene rings is 1. The Morgan fingerprint density at radius 2 is 1.95 bits per heavy atom. The van der Waals surface area contributed by atoms with Crippen LogP contribution in [0.2, 0.25) is 5.02 Å². The van der Waals surface area contributed by atoms with Gasteiger partial charge in [0, 0.05) is 11.1 Å². The van der Waals surface area contributed by atoms with Gasteiger partial charge in [0.1, 0.15) is 15.6 Å². The molecule has 1 aliphatic heterocycles. The average Bonchev–Trinajstić information content (AvgIpc) is 2.35. The van der Waals surface area contributed by atoms with Gasteiger partial charge in [0.05, 0.1) is 17.1 Å². The molecule has 0 atom stereocenters. The molecule has 1 saturated heterocycles. The third-order valence-electron chi connectivity index (χ3n) is 3.09. The minimum atomic E-state index is -2.95. The number of hydrogen-bond acceptors (Lipinski definition) is 4. The minimum absolute atomic E-state index is 0.0828. The standard InChI is InChI=1S/C12H14ClNO4S/c13-8-1-2-11(15)10(7-8)12(16)14-9-3-5-19(17,18)6-4-9/h1-2,7,9,15H,3-6H2,(H,14,16). The van der Waals surface area contributed by atoms with Crippen molar-refractivity contribution in [3.8, 4) is 5.75 Å². The second-order valence-electron chi connectivity index (χ2n) is 4.56. The molecule has 1 amide bonds. The summed E-state index contributed by atoms with van der Waals surface area (Å²) < 4.78 is 22.6. The Balaban J connectivity index is 2.04. The number of carbonyl (C=O) groups is 1. The smallest absolute Gasteiger partial charge is 0.255 e. The molecule has 5 nitrogen and oxygen atoms in total. The molecule has 0 bridgehead atoms. The number of aromatic hydroxyl groups is 1. The number of hydrogen-bond donors (Lipinski definition) is 2. The maximum atomic E-state index is 12.0. The van der Waals surface area contributed by atoms with Crippen LogP contribution in [0.15, 0.2) is 18.2 Å². The largest absolute Gasteiger partial charge is 0.507 e. The predicted octanol–water partition coefficient (Wildman–Crippen LogP) is 1.35. The Labute approximate surface area is 116 Å². The van der Waals surface area contributed by atoms with Gasteiger partial charge >= 0.3 is 0 Å². The Hall–Kier alpha value is -1.27. The van der Waals surface area contributed by atoms with Gasteiger partial charge in [-0.1, -0.05) is 11.6 Å². The van der Waals surface area contributed by atoms with Crippen LogP contribution in [0.5, 0.6) is 5.75 Å². The molecule has 0 aromatic heterocycles. The fourth-order valence-electron chi connectivity index (χ4n) is 1.99. The number of phenolic OH excluding ortho intramolecular Hbond substituents is 1. The Morgan fingerprint density at radius 1 is 1.32 bits per heavy atom. The van der Waals surface area contributed by atoms with Crippen molar-refractivity contribution in [3.05, 3.63) is 28.8 Å². The Morgan fingerprint density at radius 3 is 2.58 bits per heavy atom. The zero-order valence-electron chi connectivity index (χ0n) is 10.1. The van der Waals surface area contributed by atoms with Gasteiger partial charge in [-0.05, 0) is 31.0 Å². The molecule has 0 radical (unpaired) electrons. The first-order chi connectivity index (χ1) is 8.87. The topological polar surface area (TPSA) is 83.5 Å². The normalized spacial score (nSPS) is 19.0. The van der Waals surface area contributed by atoms with Crippen molar-refractivity contribution in [3.63, 3.8) is 0 Å². The van der Waals surface area contributed by atoms with E-state index in [4.69, 9.17) is 11.6 Å². The highest BCUT2D eigenvalue weighted by Crippen LogP contribution is 2.22. The zero-order valence-corrected chi connectivity index (χ0v) is 11.7. The maximum Gasteiger partial charge on any atom is 0.255 e. The Bertz CT molecular complexity index is 586. The summed E-state index contributed by atoms with van der Waals surface area (Å²) in [5.41, 5.74) is 0.0981. The fourth-order valence-corrected chi connectivity index (χ4v) is 3.65. The number of nitrogens with one attached hydrogen (secondary N) is 1. The number of carbonyl (C=O) groups excluding carboxylic acids is 1. The third kappa shape index (κ3) is 3.61. The number of amides is 1. The highest BCUT2D eigenvalue weighted by atomic mass is 35.5. The van der Waals surface area contributed by atoms with Crippen LogP contribution >= 0.6 is 11.6 Å². The van der Waals surface area contributed by atoms with Crippen molar-refractivity contribution < 1.29 is 18.3 Å². The van der Waals surface area contributed by atoms with E-state index in [1.165, 1.54) is 18.2 Å². The first-order valence-electron chi connectivity index (χ1n) is 5.87. The van der Waals surface area contributed by atoms with Crippen molar-refractivity contribution in [2.24, 2.45) is 0 Å². The molecule has 2 N–H and O–H groups in total. The van der Waals surface area contributed by atoms with E-state index in [0.29, 0.717) is 17.9 Å². The fraction of sp³-hybridized carbons (Fsp3) is 0.417. The lowest BCUT2D eigenvalue weighted by Crippen LogP contribution is -2.40. The molecule has 104 valence electrons. The van der Waals surface area contributed by atoms with Gasteiger partial charge in [0.15, 0.2) is 0 Å². The highest BCUT2D eigenvalue weighted by Gasteiger charge is 2.25. The molecule has 0 aliphatic carbocycles. The van der Waals surface area contributed by atoms with Crippen molar-refractivity contribution in [1.82, 2.24) is 5.32 Å². The number of phenols is 1. The summed E-state index contributed by atoms with van der Waals surface area (Å²) in [6, 6.07) is 4.03. The number of halogens is 1. The van der Waals surface area contributed by atoms with Crippen molar-refractivity contribution >= 4 is 27.3 Å². The van der Waals surface area contributed by atoms with Crippen LogP contribution in [0, 0.1) is 0 Å². The molecule has 19 heavy (non-hydrogen) atoms. The molecule has 1 aromatic rings. The lowest BCUT2D eigenvalue weighted by atomic mass is 10.1. The summed E-state index contributed by atoms with van der Waals surface area (Å²) in [6.45, 7) is 0. The van der Waals surface area contributed by atoms with Crippen LogP contribution in [0.25, 0.3) is 0 Å². The number of sulfone groups is 1. The van der Waals surface area contributed by atoms with Crippen LogP contribution in [-0.2, 0) is 9.84 Å². The quantitative estimate of drug-likeness (QED) is 0.864. The second-order valence-corrected chi connectivity index (χ2v) is 7.30. The third-order valence-corrected chi connectivity index (χ3v) is 5.04. The predicted molar refractivity (Wildman–Crippen MR) is 72.3 cm³/mol. The van der Waals surface area contributed by atoms with Gasteiger partial charge in [-0.15, -0.1) is 0 Å². The molecule has 1 fully saturated rings. The lowest BCUT2D eigenvalue weighted by molar-refractivity contribution is 0.0931. The average molecular weight is 304 g/mol. The van der Waals surface area contributed by atoms with Gasteiger partial charge in [0.2, 0.25) is 0 Å². The van der Waals surface area contributed by atoms with E-state index in [0.717, 1.165) is 0 Å². The lowest BCUT2D eigenvalue weighted by Gasteiger charge is -2.23. The first-order valence-corrected chi connectivity index (χ1v) is 8.07. The van der Waals surface area contributed by atoms with Crippen LogP contribution in [0.3, 0.4) is 0 Å². The van der Waals surface area contributed by atoms with Crippen LogP contribution in [-0.4, -0.2) is 37.0 Å². The van der Waals surface area contributed by atoms with E-state index in [9.17, 15) is 18.3 Å².